The number of nitrogens with two attached hydrogens (primary N) is 1. The van der Waals surface area contributed by atoms with Gasteiger partial charge >= 0.3 is 0 Å². The smallest absolute Gasteiger partial charge is 0.271 e. The van der Waals surface area contributed by atoms with Crippen LogP contribution in [0.15, 0.2) is 88.6 Å². The third kappa shape index (κ3) is 3.87. The zero-order valence-electron chi connectivity index (χ0n) is 18.2. The molecule has 0 aliphatic rings. The molecular formula is C26H21N5OS. The molecule has 5 rings (SSSR count). The van der Waals surface area contributed by atoms with Crippen LogP contribution in [0.4, 0.5) is 5.82 Å². The highest BCUT2D eigenvalue weighted by atomic mass is 32.2. The van der Waals surface area contributed by atoms with Crippen LogP contribution in [0.5, 0.6) is 0 Å². The Kier molecular flexibility index (Phi) is 5.40. The second-order valence-electron chi connectivity index (χ2n) is 7.64. The lowest BCUT2D eigenvalue weighted by Gasteiger charge is -2.15. The summed E-state index contributed by atoms with van der Waals surface area (Å²) in [4.78, 5) is 28.8. The van der Waals surface area contributed by atoms with Crippen molar-refractivity contribution in [3.63, 3.8) is 0 Å². The summed E-state index contributed by atoms with van der Waals surface area (Å²) in [6.45, 7) is 2.00. The average Bonchev–Trinajstić information content (AvgIpc) is 2.85. The SMILES string of the molecule is CSc1ccc(-c2nc3nc(-c4ccccc4)nc(N)c3c(=O)n2-c2ccc(C)cc2)cc1. The van der Waals surface area contributed by atoms with Gasteiger partial charge in [0.15, 0.2) is 11.5 Å². The number of benzene rings is 3. The Morgan fingerprint density at radius 3 is 2.18 bits per heavy atom. The zero-order valence-corrected chi connectivity index (χ0v) is 19.0. The summed E-state index contributed by atoms with van der Waals surface area (Å²) in [5.74, 6) is 1.05. The van der Waals surface area contributed by atoms with Gasteiger partial charge in [0.25, 0.3) is 5.56 Å². The standard InChI is InChI=1S/C26H21N5OS/c1-16-8-12-19(13-9-16)31-25(18-10-14-20(33-2)15-11-18)30-24-21(26(31)32)22(27)28-23(29-24)17-6-4-3-5-7-17/h3-15H,1-2H3,(H2,27,28,29). The maximum absolute atomic E-state index is 13.8. The van der Waals surface area contributed by atoms with Crippen molar-refractivity contribution in [1.29, 1.82) is 0 Å². The number of hydrogen-bond acceptors (Lipinski definition) is 6. The van der Waals surface area contributed by atoms with Crippen LogP contribution in [0.25, 0.3) is 39.5 Å². The highest BCUT2D eigenvalue weighted by molar-refractivity contribution is 7.98. The van der Waals surface area contributed by atoms with E-state index in [1.165, 1.54) is 0 Å². The third-order valence-corrected chi connectivity index (χ3v) is 6.17. The molecule has 0 aliphatic heterocycles. The third-order valence-electron chi connectivity index (χ3n) is 5.43. The van der Waals surface area contributed by atoms with Gasteiger partial charge in [-0.1, -0.05) is 60.2 Å². The van der Waals surface area contributed by atoms with E-state index in [0.29, 0.717) is 17.3 Å². The Balaban J connectivity index is 1.83. The monoisotopic (exact) mass is 451 g/mol. The van der Waals surface area contributed by atoms with Gasteiger partial charge in [-0.15, -0.1) is 11.8 Å². The van der Waals surface area contributed by atoms with Crippen molar-refractivity contribution in [2.24, 2.45) is 0 Å². The van der Waals surface area contributed by atoms with Crippen molar-refractivity contribution in [3.8, 4) is 28.5 Å². The molecular weight excluding hydrogens is 430 g/mol. The van der Waals surface area contributed by atoms with Gasteiger partial charge in [0.2, 0.25) is 0 Å². The first-order chi connectivity index (χ1) is 16.0. The molecule has 0 fully saturated rings. The van der Waals surface area contributed by atoms with Crippen LogP contribution in [-0.2, 0) is 0 Å². The normalized spacial score (nSPS) is 11.1. The summed E-state index contributed by atoms with van der Waals surface area (Å²) in [7, 11) is 0. The average molecular weight is 452 g/mol. The topological polar surface area (TPSA) is 86.7 Å². The fourth-order valence-electron chi connectivity index (χ4n) is 3.69. The highest BCUT2D eigenvalue weighted by Gasteiger charge is 2.19. The van der Waals surface area contributed by atoms with E-state index in [1.807, 2.05) is 92.0 Å². The minimum absolute atomic E-state index is 0.112. The largest absolute Gasteiger partial charge is 0.383 e. The van der Waals surface area contributed by atoms with Crippen LogP contribution in [-0.4, -0.2) is 25.8 Å². The first-order valence-corrected chi connectivity index (χ1v) is 11.6. The summed E-state index contributed by atoms with van der Waals surface area (Å²) in [5.41, 5.74) is 9.68. The van der Waals surface area contributed by atoms with Crippen LogP contribution in [0.2, 0.25) is 0 Å². The van der Waals surface area contributed by atoms with Gasteiger partial charge in [-0.3, -0.25) is 9.36 Å². The number of rotatable bonds is 4. The number of fused-ring (bicyclic) bond motifs is 1. The fraction of sp³-hybridized carbons (Fsp3) is 0.0769. The van der Waals surface area contributed by atoms with Crippen LogP contribution < -0.4 is 11.3 Å². The minimum Gasteiger partial charge on any atom is -0.383 e. The van der Waals surface area contributed by atoms with Gasteiger partial charge in [0, 0.05) is 16.0 Å². The molecule has 2 heterocycles. The van der Waals surface area contributed by atoms with Crippen molar-refractivity contribution in [1.82, 2.24) is 19.5 Å². The number of anilines is 1. The molecule has 6 nitrogen and oxygen atoms in total. The Morgan fingerprint density at radius 1 is 0.818 bits per heavy atom. The molecule has 7 heteroatoms. The Morgan fingerprint density at radius 2 is 1.52 bits per heavy atom. The lowest BCUT2D eigenvalue weighted by Crippen LogP contribution is -2.24. The van der Waals surface area contributed by atoms with Gasteiger partial charge in [0.1, 0.15) is 17.0 Å². The van der Waals surface area contributed by atoms with Crippen molar-refractivity contribution < 1.29 is 0 Å². The number of aryl methyl sites for hydroxylation is 1. The molecule has 0 spiro atoms. The first kappa shape index (κ1) is 20.9. The number of thioether (sulfide) groups is 1. The second kappa shape index (κ2) is 8.52. The predicted octanol–water partition coefficient (Wildman–Crippen LogP) is 5.12. The molecule has 3 aromatic carbocycles. The van der Waals surface area contributed by atoms with Gasteiger partial charge < -0.3 is 5.73 Å². The van der Waals surface area contributed by atoms with Crippen LogP contribution >= 0.6 is 11.8 Å². The molecule has 0 bridgehead atoms. The number of hydrogen-bond donors (Lipinski definition) is 1. The second-order valence-corrected chi connectivity index (χ2v) is 8.52. The first-order valence-electron chi connectivity index (χ1n) is 10.4. The maximum Gasteiger partial charge on any atom is 0.271 e. The summed E-state index contributed by atoms with van der Waals surface area (Å²) in [6.07, 6.45) is 2.02. The lowest BCUT2D eigenvalue weighted by molar-refractivity contribution is 0.964. The van der Waals surface area contributed by atoms with Crippen molar-refractivity contribution in [2.45, 2.75) is 11.8 Å². The Bertz CT molecular complexity index is 1510. The predicted molar refractivity (Wildman–Crippen MR) is 135 cm³/mol. The molecule has 162 valence electrons. The summed E-state index contributed by atoms with van der Waals surface area (Å²) >= 11 is 1.66. The fourth-order valence-corrected chi connectivity index (χ4v) is 4.10. The van der Waals surface area contributed by atoms with E-state index in [2.05, 4.69) is 9.97 Å². The maximum atomic E-state index is 13.8. The molecule has 0 saturated carbocycles. The Labute approximate surface area is 195 Å². The number of aromatic nitrogens is 4. The van der Waals surface area contributed by atoms with E-state index in [1.54, 1.807) is 16.3 Å². The van der Waals surface area contributed by atoms with E-state index in [4.69, 9.17) is 10.7 Å². The van der Waals surface area contributed by atoms with Gasteiger partial charge in [-0.05, 0) is 37.4 Å². The van der Waals surface area contributed by atoms with E-state index in [-0.39, 0.29) is 22.4 Å². The molecule has 5 aromatic rings. The van der Waals surface area contributed by atoms with Gasteiger partial charge in [-0.2, -0.15) is 0 Å². The Hall–Kier alpha value is -3.97. The lowest BCUT2D eigenvalue weighted by atomic mass is 10.1. The van der Waals surface area contributed by atoms with Crippen molar-refractivity contribution in [3.05, 3.63) is 94.8 Å². The quantitative estimate of drug-likeness (QED) is 0.382. The van der Waals surface area contributed by atoms with E-state index in [9.17, 15) is 4.79 Å². The summed E-state index contributed by atoms with van der Waals surface area (Å²) in [5, 5.41) is 0.208. The molecule has 0 radical (unpaired) electrons. The molecule has 0 amide bonds. The highest BCUT2D eigenvalue weighted by Crippen LogP contribution is 2.27. The molecule has 0 atom stereocenters. The van der Waals surface area contributed by atoms with E-state index in [0.717, 1.165) is 21.6 Å². The van der Waals surface area contributed by atoms with E-state index < -0.39 is 0 Å². The number of nitrogens with zero attached hydrogens (tertiary/aromatic N) is 4. The summed E-state index contributed by atoms with van der Waals surface area (Å²) in [6, 6.07) is 25.2. The van der Waals surface area contributed by atoms with E-state index >= 15 is 0 Å². The van der Waals surface area contributed by atoms with Gasteiger partial charge in [0.05, 0.1) is 5.69 Å². The molecule has 2 aromatic heterocycles. The number of nitrogen functional groups attached to an aromatic ring is 1. The van der Waals surface area contributed by atoms with Crippen LogP contribution in [0.3, 0.4) is 0 Å². The van der Waals surface area contributed by atoms with Gasteiger partial charge in [-0.25, -0.2) is 15.0 Å². The van der Waals surface area contributed by atoms with Crippen LogP contribution in [0.1, 0.15) is 5.56 Å². The summed E-state index contributed by atoms with van der Waals surface area (Å²) < 4.78 is 1.58. The molecule has 2 N–H and O–H groups in total. The zero-order chi connectivity index (χ0) is 22.9. The van der Waals surface area contributed by atoms with Crippen LogP contribution in [0, 0.1) is 6.92 Å². The molecule has 0 saturated heterocycles. The molecule has 0 aliphatic carbocycles. The van der Waals surface area contributed by atoms with Crippen molar-refractivity contribution >= 4 is 28.6 Å². The van der Waals surface area contributed by atoms with Crippen molar-refractivity contribution in [2.75, 3.05) is 12.0 Å². The minimum atomic E-state index is -0.301. The molecule has 33 heavy (non-hydrogen) atoms. The molecule has 0 unspecified atom stereocenters.